The summed E-state index contributed by atoms with van der Waals surface area (Å²) in [5, 5.41) is -0.592. The minimum Gasteiger partial charge on any atom is -0.497 e. The lowest BCUT2D eigenvalue weighted by atomic mass is 9.96. The fourth-order valence-electron chi connectivity index (χ4n) is 5.76. The number of ether oxygens (including phenoxy) is 6. The molecule has 0 aliphatic carbocycles. The number of rotatable bonds is 9. The predicted molar refractivity (Wildman–Crippen MR) is 193 cm³/mol. The number of hydrogen-bond donors (Lipinski definition) is 0. The molecule has 14 heteroatoms. The lowest BCUT2D eigenvalue weighted by molar-refractivity contribution is -0.133. The van der Waals surface area contributed by atoms with Gasteiger partial charge in [-0.15, -0.1) is 0 Å². The quantitative estimate of drug-likeness (QED) is 0.114. The van der Waals surface area contributed by atoms with Gasteiger partial charge in [-0.1, -0.05) is 0 Å². The van der Waals surface area contributed by atoms with E-state index < -0.39 is 40.5 Å². The lowest BCUT2D eigenvalue weighted by Gasteiger charge is -2.20. The second-order valence-electron chi connectivity index (χ2n) is 11.7. The van der Waals surface area contributed by atoms with Crippen molar-refractivity contribution in [3.05, 3.63) is 93.2 Å². The maximum atomic E-state index is 14.1. The van der Waals surface area contributed by atoms with Gasteiger partial charge in [0.25, 0.3) is 0 Å². The third kappa shape index (κ3) is 7.25. The highest BCUT2D eigenvalue weighted by atomic mass is 16.6. The Morgan fingerprint density at radius 3 is 1.43 bits per heavy atom. The molecule has 0 saturated carbocycles. The van der Waals surface area contributed by atoms with E-state index in [1.165, 1.54) is 26.4 Å². The van der Waals surface area contributed by atoms with Crippen LogP contribution in [0.15, 0.2) is 91.2 Å². The van der Waals surface area contributed by atoms with Crippen molar-refractivity contribution in [1.82, 2.24) is 0 Å². The maximum Gasteiger partial charge on any atom is 0.308 e. The zero-order chi connectivity index (χ0) is 38.8. The van der Waals surface area contributed by atoms with Crippen molar-refractivity contribution in [1.29, 1.82) is 0 Å². The van der Waals surface area contributed by atoms with Gasteiger partial charge in [0.2, 0.25) is 0 Å². The molecule has 4 aromatic carbocycles. The molecule has 6 rings (SSSR count). The van der Waals surface area contributed by atoms with E-state index in [-0.39, 0.29) is 61.8 Å². The fourth-order valence-corrected chi connectivity index (χ4v) is 5.76. The largest absolute Gasteiger partial charge is 0.497 e. The van der Waals surface area contributed by atoms with Crippen LogP contribution in [0.5, 0.6) is 34.5 Å². The van der Waals surface area contributed by atoms with Gasteiger partial charge in [0.05, 0.1) is 25.3 Å². The highest BCUT2D eigenvalue weighted by Gasteiger charge is 2.32. The van der Waals surface area contributed by atoms with Crippen molar-refractivity contribution in [2.45, 2.75) is 27.7 Å². The number of hydrogen-bond acceptors (Lipinski definition) is 14. The summed E-state index contributed by atoms with van der Waals surface area (Å²) in [6, 6.07) is 17.7. The number of esters is 4. The first-order chi connectivity index (χ1) is 25.8. The summed E-state index contributed by atoms with van der Waals surface area (Å²) >= 11 is 0. The summed E-state index contributed by atoms with van der Waals surface area (Å²) in [6.07, 6.45) is 0. The molecule has 14 nitrogen and oxygen atoms in total. The number of benzene rings is 4. The van der Waals surface area contributed by atoms with E-state index in [0.29, 0.717) is 22.6 Å². The molecule has 0 aliphatic heterocycles. The van der Waals surface area contributed by atoms with E-state index in [1.54, 1.807) is 48.5 Å². The third-order valence-electron chi connectivity index (χ3n) is 7.87. The summed E-state index contributed by atoms with van der Waals surface area (Å²) in [4.78, 5) is 78.4. The van der Waals surface area contributed by atoms with Crippen molar-refractivity contribution >= 4 is 45.8 Å². The van der Waals surface area contributed by atoms with Gasteiger partial charge in [-0.05, 0) is 48.5 Å². The molecule has 0 atom stereocenters. The third-order valence-corrected chi connectivity index (χ3v) is 7.87. The van der Waals surface area contributed by atoms with Gasteiger partial charge in [0.15, 0.2) is 22.2 Å². The highest BCUT2D eigenvalue weighted by molar-refractivity contribution is 6.08. The van der Waals surface area contributed by atoms with Crippen LogP contribution in [0.1, 0.15) is 27.7 Å². The molecule has 54 heavy (non-hydrogen) atoms. The molecule has 0 spiro atoms. The van der Waals surface area contributed by atoms with Gasteiger partial charge in [0, 0.05) is 63.1 Å². The monoisotopic (exact) mass is 734 g/mol. The average Bonchev–Trinajstić information content (AvgIpc) is 3.11. The Labute approximate surface area is 305 Å². The standard InChI is InChI=1S/C40H30O14/c1-19(41)49-31-17-33(50-20(2)42)38(40-35(31)28(46)16-30(54-40)24-9-13-26(48-6)14-10-24)37-34(51-21(3)43)18-32-36(39(37)52-22(4)44)27(45)15-29(53-32)23-7-11-25(47-5)12-8-23/h7-18H,1-6H3. The van der Waals surface area contributed by atoms with Crippen LogP contribution in [0.2, 0.25) is 0 Å². The molecule has 0 N–H and O–H groups in total. The van der Waals surface area contributed by atoms with Crippen molar-refractivity contribution in [3.63, 3.8) is 0 Å². The first-order valence-electron chi connectivity index (χ1n) is 16.1. The minimum atomic E-state index is -0.911. The summed E-state index contributed by atoms with van der Waals surface area (Å²) in [6.45, 7) is 4.34. The van der Waals surface area contributed by atoms with Crippen LogP contribution < -0.4 is 39.3 Å². The van der Waals surface area contributed by atoms with Gasteiger partial charge >= 0.3 is 23.9 Å². The van der Waals surface area contributed by atoms with Crippen LogP contribution in [0.25, 0.3) is 55.7 Å². The fraction of sp³-hybridized carbons (Fsp3) is 0.150. The Hall–Kier alpha value is -7.22. The molecule has 0 bridgehead atoms. The smallest absolute Gasteiger partial charge is 0.308 e. The van der Waals surface area contributed by atoms with Crippen molar-refractivity contribution < 1.29 is 56.4 Å². The summed E-state index contributed by atoms with van der Waals surface area (Å²) in [5.41, 5.74) is -1.63. The van der Waals surface area contributed by atoms with Crippen LogP contribution in [-0.2, 0) is 19.2 Å². The Balaban J connectivity index is 1.80. The summed E-state index contributed by atoms with van der Waals surface area (Å²) in [7, 11) is 2.98. The Morgan fingerprint density at radius 2 is 0.944 bits per heavy atom. The molecule has 0 fully saturated rings. The molecule has 0 radical (unpaired) electrons. The van der Waals surface area contributed by atoms with E-state index in [0.717, 1.165) is 39.8 Å². The summed E-state index contributed by atoms with van der Waals surface area (Å²) in [5.74, 6) is -3.86. The van der Waals surface area contributed by atoms with E-state index in [9.17, 15) is 28.8 Å². The zero-order valence-corrected chi connectivity index (χ0v) is 29.6. The van der Waals surface area contributed by atoms with Crippen LogP contribution in [0.4, 0.5) is 0 Å². The van der Waals surface area contributed by atoms with Crippen LogP contribution in [0, 0.1) is 0 Å². The highest BCUT2D eigenvalue weighted by Crippen LogP contribution is 2.51. The molecule has 0 aliphatic rings. The molecule has 6 aromatic rings. The molecule has 0 saturated heterocycles. The van der Waals surface area contributed by atoms with Crippen LogP contribution >= 0.6 is 0 Å². The topological polar surface area (TPSA) is 184 Å². The van der Waals surface area contributed by atoms with Crippen LogP contribution in [0.3, 0.4) is 0 Å². The van der Waals surface area contributed by atoms with E-state index >= 15 is 0 Å². The molecule has 274 valence electrons. The molecule has 0 amide bonds. The Morgan fingerprint density at radius 1 is 0.500 bits per heavy atom. The molecule has 2 heterocycles. The number of fused-ring (bicyclic) bond motifs is 2. The van der Waals surface area contributed by atoms with Crippen molar-refractivity contribution in [2.75, 3.05) is 14.2 Å². The van der Waals surface area contributed by atoms with Gasteiger partial charge in [-0.2, -0.15) is 0 Å². The predicted octanol–water partition coefficient (Wildman–Crippen LogP) is 6.62. The van der Waals surface area contributed by atoms with E-state index in [4.69, 9.17) is 37.3 Å². The maximum absolute atomic E-state index is 14.1. The second-order valence-corrected chi connectivity index (χ2v) is 11.7. The SMILES string of the molecule is COc1ccc(-c2cc(=O)c3c(OC(C)=O)c(-c4c(OC(C)=O)cc(OC(C)=O)c5c(=O)cc(-c6ccc(OC)cc6)oc45)c(OC(C)=O)cc3o2)cc1. The van der Waals surface area contributed by atoms with Gasteiger partial charge in [-0.3, -0.25) is 28.8 Å². The van der Waals surface area contributed by atoms with Crippen LogP contribution in [-0.4, -0.2) is 38.1 Å². The number of carbonyl (C=O) groups is 4. The van der Waals surface area contributed by atoms with Gasteiger partial charge in [0.1, 0.15) is 56.6 Å². The minimum absolute atomic E-state index is 0.00216. The van der Waals surface area contributed by atoms with E-state index in [1.807, 2.05) is 0 Å². The van der Waals surface area contributed by atoms with Gasteiger partial charge in [-0.25, -0.2) is 0 Å². The zero-order valence-electron chi connectivity index (χ0n) is 29.6. The van der Waals surface area contributed by atoms with Crippen molar-refractivity contribution in [3.8, 4) is 68.3 Å². The average molecular weight is 735 g/mol. The molecule has 0 unspecified atom stereocenters. The van der Waals surface area contributed by atoms with E-state index in [2.05, 4.69) is 0 Å². The first kappa shape index (κ1) is 36.6. The Bertz CT molecular complexity index is 2610. The first-order valence-corrected chi connectivity index (χ1v) is 16.1. The molecule has 2 aromatic heterocycles. The number of methoxy groups -OCH3 is 2. The lowest BCUT2D eigenvalue weighted by Crippen LogP contribution is -2.13. The molecular formula is C40H30O14. The summed E-state index contributed by atoms with van der Waals surface area (Å²) < 4.78 is 45.3. The second kappa shape index (κ2) is 14.8. The van der Waals surface area contributed by atoms with Crippen molar-refractivity contribution in [2.24, 2.45) is 0 Å². The normalized spacial score (nSPS) is 10.9. The number of carbonyl (C=O) groups excluding carboxylic acids is 4. The molecular weight excluding hydrogens is 704 g/mol. The Kier molecular flexibility index (Phi) is 10.0. The van der Waals surface area contributed by atoms with Gasteiger partial charge < -0.3 is 37.3 Å².